The van der Waals surface area contributed by atoms with E-state index in [0.717, 1.165) is 0 Å². The van der Waals surface area contributed by atoms with Crippen molar-refractivity contribution in [2.75, 3.05) is 83.1 Å². The molecule has 4 unspecified atom stereocenters. The summed E-state index contributed by atoms with van der Waals surface area (Å²) >= 11 is 10.6. The summed E-state index contributed by atoms with van der Waals surface area (Å²) in [6.45, 7) is -3.93. The third-order valence-corrected chi connectivity index (χ3v) is 15.1. The predicted molar refractivity (Wildman–Crippen MR) is 281 cm³/mol. The Hall–Kier alpha value is -1.12. The van der Waals surface area contributed by atoms with E-state index >= 15 is 0 Å². The van der Waals surface area contributed by atoms with E-state index in [1.165, 1.54) is 6.92 Å². The standard InChI is InChI=1S/C36H46I6N6O17/c1-36(2-3-49,12-64-34(62)47-28-24(39)18(30(58)43-4-14(54)8-50)22(37)19(25(28)40)31(59)44-5-15(55)9-51)13-65-35(63)48-29-26(41)20(32(60)45-6-16(56)10-52)23(38)21(27(29)42)33(61)46-7-17(57)11-53/h14-17,49-57H,2-13H2,1H3,(H,43,58)(H,44,59)(H,45,60)(H,46,61)(H,47,62)(H,48,63). The molecule has 2 rings (SSSR count). The molecule has 65 heavy (non-hydrogen) atoms. The van der Waals surface area contributed by atoms with Gasteiger partial charge in [0.1, 0.15) is 13.2 Å². The molecule has 0 saturated heterocycles. The Morgan fingerprint density at radius 1 is 0.477 bits per heavy atom. The predicted octanol–water partition coefficient (Wildman–Crippen LogP) is -0.168. The van der Waals surface area contributed by atoms with Crippen LogP contribution in [0.1, 0.15) is 54.8 Å². The van der Waals surface area contributed by atoms with Gasteiger partial charge in [-0.15, -0.1) is 0 Å². The molecule has 2 aromatic carbocycles. The fourth-order valence-electron chi connectivity index (χ4n) is 5.01. The number of hydrogen-bond donors (Lipinski definition) is 15. The van der Waals surface area contributed by atoms with Gasteiger partial charge in [-0.2, -0.15) is 0 Å². The van der Waals surface area contributed by atoms with Crippen LogP contribution >= 0.6 is 136 Å². The van der Waals surface area contributed by atoms with Crippen molar-refractivity contribution in [3.63, 3.8) is 0 Å². The highest BCUT2D eigenvalue weighted by Crippen LogP contribution is 2.38. The molecular weight excluding hydrogens is 1550 g/mol. The maximum Gasteiger partial charge on any atom is 0.411 e. The number of carbonyl (C=O) groups excluding carboxylic acids is 6. The molecule has 0 radical (unpaired) electrons. The lowest BCUT2D eigenvalue weighted by atomic mass is 9.89. The minimum absolute atomic E-state index is 0.0474. The molecule has 0 aliphatic heterocycles. The summed E-state index contributed by atoms with van der Waals surface area (Å²) < 4.78 is 11.8. The number of anilines is 2. The van der Waals surface area contributed by atoms with Crippen molar-refractivity contribution in [2.45, 2.75) is 37.8 Å². The Balaban J connectivity index is 2.43. The SMILES string of the molecule is CC(CCO)(COC(=O)Nc1c(I)c(C(=O)NCC(O)CO)c(I)c(C(=O)NCC(O)CO)c1I)COC(=O)Nc1c(I)c(C(=O)NCC(O)CO)c(I)c(C(=O)NCC(O)CO)c1I. The van der Waals surface area contributed by atoms with Crippen LogP contribution in [0.15, 0.2) is 0 Å². The molecule has 0 aliphatic rings. The average Bonchev–Trinajstić information content (AvgIpc) is 3.27. The maximum absolute atomic E-state index is 13.4. The van der Waals surface area contributed by atoms with Crippen LogP contribution in [0.3, 0.4) is 0 Å². The highest BCUT2D eigenvalue weighted by Gasteiger charge is 2.33. The molecule has 364 valence electrons. The second-order valence-electron chi connectivity index (χ2n) is 14.0. The second-order valence-corrected chi connectivity index (χ2v) is 20.5. The summed E-state index contributed by atoms with van der Waals surface area (Å²) in [6, 6.07) is 0. The zero-order chi connectivity index (χ0) is 49.3. The number of aliphatic hydroxyl groups excluding tert-OH is 9. The molecule has 0 aromatic heterocycles. The summed E-state index contributed by atoms with van der Waals surface area (Å²) in [5.74, 6) is -3.12. The Bertz CT molecular complexity index is 1810. The maximum atomic E-state index is 13.4. The van der Waals surface area contributed by atoms with Crippen LogP contribution in [0.4, 0.5) is 21.0 Å². The molecular formula is C36H46I6N6O17. The summed E-state index contributed by atoms with van der Waals surface area (Å²) in [6.07, 6.45) is -7.49. The first-order chi connectivity index (χ1) is 30.5. The topological polar surface area (TPSA) is 375 Å². The first-order valence-corrected chi connectivity index (χ1v) is 25.2. The molecule has 0 aliphatic carbocycles. The van der Waals surface area contributed by atoms with Crippen molar-refractivity contribution in [1.29, 1.82) is 0 Å². The van der Waals surface area contributed by atoms with Crippen LogP contribution < -0.4 is 31.9 Å². The van der Waals surface area contributed by atoms with Crippen molar-refractivity contribution in [3.8, 4) is 0 Å². The van der Waals surface area contributed by atoms with E-state index in [9.17, 15) is 74.7 Å². The molecule has 4 atom stereocenters. The molecule has 2 aromatic rings. The number of hydrogen-bond acceptors (Lipinski definition) is 17. The van der Waals surface area contributed by atoms with Crippen molar-refractivity contribution in [1.82, 2.24) is 21.3 Å². The third kappa shape index (κ3) is 17.7. The van der Waals surface area contributed by atoms with E-state index in [1.807, 2.05) is 0 Å². The first kappa shape index (κ1) is 60.0. The van der Waals surface area contributed by atoms with Crippen molar-refractivity contribution >= 4 is 183 Å². The number of halogens is 6. The Morgan fingerprint density at radius 2 is 0.723 bits per heavy atom. The van der Waals surface area contributed by atoms with Gasteiger partial charge in [0.25, 0.3) is 23.6 Å². The Morgan fingerprint density at radius 3 is 0.938 bits per heavy atom. The van der Waals surface area contributed by atoms with Gasteiger partial charge in [0, 0.05) is 45.3 Å². The molecule has 15 N–H and O–H groups in total. The summed E-state index contributed by atoms with van der Waals surface area (Å²) in [4.78, 5) is 80.3. The summed E-state index contributed by atoms with van der Waals surface area (Å²) in [5, 5.41) is 101. The average molecular weight is 1600 g/mol. The van der Waals surface area contributed by atoms with Gasteiger partial charge in [0.2, 0.25) is 0 Å². The lowest BCUT2D eigenvalue weighted by Gasteiger charge is -2.28. The van der Waals surface area contributed by atoms with Gasteiger partial charge in [-0.25, -0.2) is 9.59 Å². The Kier molecular flexibility index (Phi) is 26.9. The van der Waals surface area contributed by atoms with E-state index in [2.05, 4.69) is 31.9 Å². The molecule has 0 heterocycles. The van der Waals surface area contributed by atoms with Crippen molar-refractivity contribution in [2.24, 2.45) is 5.41 Å². The fraction of sp³-hybridized carbons (Fsp3) is 0.500. The molecule has 0 spiro atoms. The number of aliphatic hydroxyl groups is 9. The highest BCUT2D eigenvalue weighted by molar-refractivity contribution is 14.1. The monoisotopic (exact) mass is 1600 g/mol. The van der Waals surface area contributed by atoms with Crippen molar-refractivity contribution < 1.29 is 84.2 Å². The van der Waals surface area contributed by atoms with Crippen molar-refractivity contribution in [3.05, 3.63) is 43.7 Å². The fourth-order valence-corrected chi connectivity index (χ4v) is 13.8. The smallest absolute Gasteiger partial charge is 0.411 e. The molecule has 0 saturated carbocycles. The number of rotatable bonds is 24. The Labute approximate surface area is 452 Å². The van der Waals surface area contributed by atoms with Gasteiger partial charge >= 0.3 is 12.2 Å². The van der Waals surface area contributed by atoms with Gasteiger partial charge in [-0.1, -0.05) is 6.92 Å². The summed E-state index contributed by atoms with van der Waals surface area (Å²) in [7, 11) is 0. The number of nitrogens with one attached hydrogen (secondary N) is 6. The van der Waals surface area contributed by atoms with E-state index in [-0.39, 0.29) is 87.6 Å². The highest BCUT2D eigenvalue weighted by atomic mass is 127. The molecule has 23 nitrogen and oxygen atoms in total. The van der Waals surface area contributed by atoms with Gasteiger partial charge < -0.3 is 76.7 Å². The minimum atomic E-state index is -1.30. The molecule has 0 fully saturated rings. The zero-order valence-electron chi connectivity index (χ0n) is 33.9. The van der Waals surface area contributed by atoms with Gasteiger partial charge in [0.15, 0.2) is 0 Å². The lowest BCUT2D eigenvalue weighted by molar-refractivity contribution is 0.0291. The first-order valence-electron chi connectivity index (χ1n) is 18.7. The van der Waals surface area contributed by atoms with Gasteiger partial charge in [0.05, 0.1) is 98.8 Å². The quantitative estimate of drug-likeness (QED) is 0.0607. The zero-order valence-corrected chi connectivity index (χ0v) is 46.8. The van der Waals surface area contributed by atoms with E-state index in [1.54, 1.807) is 136 Å². The molecule has 0 bridgehead atoms. The number of amides is 6. The van der Waals surface area contributed by atoms with Gasteiger partial charge in [-0.05, 0) is 142 Å². The van der Waals surface area contributed by atoms with Crippen LogP contribution in [-0.4, -0.2) is 179 Å². The molecule has 29 heteroatoms. The van der Waals surface area contributed by atoms with Gasteiger partial charge in [-0.3, -0.25) is 29.8 Å². The van der Waals surface area contributed by atoms with E-state index < -0.39 is 112 Å². The van der Waals surface area contributed by atoms with E-state index in [0.29, 0.717) is 0 Å². The minimum Gasteiger partial charge on any atom is -0.449 e. The normalized spacial score (nSPS) is 13.9. The van der Waals surface area contributed by atoms with Crippen LogP contribution in [0.2, 0.25) is 0 Å². The third-order valence-electron chi connectivity index (χ3n) is 8.65. The van der Waals surface area contributed by atoms with Crippen LogP contribution in [0.5, 0.6) is 0 Å². The summed E-state index contributed by atoms with van der Waals surface area (Å²) in [5.41, 5.74) is -1.72. The molecule has 6 amide bonds. The largest absolute Gasteiger partial charge is 0.449 e. The number of ether oxygens (including phenoxy) is 2. The number of carbonyl (C=O) groups is 6. The van der Waals surface area contributed by atoms with Crippen LogP contribution in [0.25, 0.3) is 0 Å². The van der Waals surface area contributed by atoms with E-state index in [4.69, 9.17) is 9.47 Å². The lowest BCUT2D eigenvalue weighted by Crippen LogP contribution is -2.37. The van der Waals surface area contributed by atoms with Crippen LogP contribution in [0, 0.1) is 26.8 Å². The second kappa shape index (κ2) is 29.2. The van der Waals surface area contributed by atoms with Crippen LogP contribution in [-0.2, 0) is 9.47 Å². The number of benzene rings is 2.